The van der Waals surface area contributed by atoms with Crippen molar-refractivity contribution >= 4 is 17.3 Å². The summed E-state index contributed by atoms with van der Waals surface area (Å²) in [5.41, 5.74) is 6.42. The van der Waals surface area contributed by atoms with Gasteiger partial charge in [0.15, 0.2) is 0 Å². The number of ether oxygens (including phenoxy) is 3. The highest BCUT2D eigenvalue weighted by atomic mass is 16.5. The molecule has 0 unspecified atom stereocenters. The zero-order valence-electron chi connectivity index (χ0n) is 21.0. The van der Waals surface area contributed by atoms with Gasteiger partial charge in [0.1, 0.15) is 24.7 Å². The Balaban J connectivity index is 1.30. The maximum atomic E-state index is 9.26. The van der Waals surface area contributed by atoms with E-state index in [1.807, 2.05) is 18.3 Å². The van der Waals surface area contributed by atoms with Crippen molar-refractivity contribution in [2.45, 2.75) is 12.8 Å². The summed E-state index contributed by atoms with van der Waals surface area (Å²) in [6.45, 7) is 6.37. The summed E-state index contributed by atoms with van der Waals surface area (Å²) >= 11 is 0. The van der Waals surface area contributed by atoms with E-state index in [9.17, 15) is 5.11 Å². The van der Waals surface area contributed by atoms with Gasteiger partial charge in [-0.25, -0.2) is 9.97 Å². The van der Waals surface area contributed by atoms with Gasteiger partial charge in [0, 0.05) is 56.2 Å². The molecule has 9 nitrogen and oxygen atoms in total. The summed E-state index contributed by atoms with van der Waals surface area (Å²) in [4.78, 5) is 14.1. The van der Waals surface area contributed by atoms with Crippen molar-refractivity contribution < 1.29 is 19.3 Å². The van der Waals surface area contributed by atoms with Crippen LogP contribution in [0.2, 0.25) is 0 Å². The van der Waals surface area contributed by atoms with Crippen molar-refractivity contribution in [3.05, 3.63) is 53.7 Å². The van der Waals surface area contributed by atoms with E-state index in [1.54, 1.807) is 0 Å². The van der Waals surface area contributed by atoms with Crippen molar-refractivity contribution in [3.63, 3.8) is 0 Å². The molecule has 0 atom stereocenters. The van der Waals surface area contributed by atoms with Crippen LogP contribution in [0.15, 0.2) is 42.6 Å². The molecule has 2 N–H and O–H groups in total. The summed E-state index contributed by atoms with van der Waals surface area (Å²) in [7, 11) is 0. The Bertz CT molecular complexity index is 1250. The van der Waals surface area contributed by atoms with E-state index in [-0.39, 0.29) is 6.61 Å². The molecule has 1 aromatic heterocycles. The predicted octanol–water partition coefficient (Wildman–Crippen LogP) is 2.89. The van der Waals surface area contributed by atoms with Crippen LogP contribution in [0.4, 0.5) is 17.3 Å². The van der Waals surface area contributed by atoms with Gasteiger partial charge in [0.2, 0.25) is 5.95 Å². The quantitative estimate of drug-likeness (QED) is 0.560. The van der Waals surface area contributed by atoms with Gasteiger partial charge >= 0.3 is 0 Å². The zero-order chi connectivity index (χ0) is 25.0. The average molecular weight is 504 g/mol. The smallest absolute Gasteiger partial charge is 0.227 e. The summed E-state index contributed by atoms with van der Waals surface area (Å²) in [5.74, 6) is 2.18. The van der Waals surface area contributed by atoms with Crippen LogP contribution in [0.5, 0.6) is 11.5 Å². The van der Waals surface area contributed by atoms with Gasteiger partial charge in [-0.1, -0.05) is 6.07 Å². The highest BCUT2D eigenvalue weighted by Gasteiger charge is 2.22. The maximum absolute atomic E-state index is 9.26. The van der Waals surface area contributed by atoms with Gasteiger partial charge < -0.3 is 29.5 Å². The highest BCUT2D eigenvalue weighted by molar-refractivity contribution is 5.73. The molecule has 37 heavy (non-hydrogen) atoms. The van der Waals surface area contributed by atoms with Crippen molar-refractivity contribution in [1.82, 2.24) is 14.9 Å². The number of fused-ring (bicyclic) bond motifs is 4. The van der Waals surface area contributed by atoms with Crippen LogP contribution in [0, 0.1) is 0 Å². The molecule has 0 amide bonds. The number of nitrogens with one attached hydrogen (secondary N) is 1. The lowest BCUT2D eigenvalue weighted by Crippen LogP contribution is -2.47. The second-order valence-electron chi connectivity index (χ2n) is 9.56. The molecule has 1 saturated heterocycles. The van der Waals surface area contributed by atoms with Crippen LogP contribution >= 0.6 is 0 Å². The SMILES string of the molecule is OCCN1CCN(c2ccc3cc2OCCOCCOc2ccc4c(c2)-c2nc(ncc2CC4)N3)CC1. The van der Waals surface area contributed by atoms with Crippen LogP contribution in [0.25, 0.3) is 11.3 Å². The molecular formula is C28H33N5O4. The fraction of sp³-hybridized carbons (Fsp3) is 0.429. The van der Waals surface area contributed by atoms with E-state index in [2.05, 4.69) is 44.4 Å². The van der Waals surface area contributed by atoms with E-state index >= 15 is 0 Å². The lowest BCUT2D eigenvalue weighted by Gasteiger charge is -2.36. The third-order valence-corrected chi connectivity index (χ3v) is 7.19. The molecule has 3 heterocycles. The lowest BCUT2D eigenvalue weighted by molar-refractivity contribution is 0.0765. The normalized spacial score (nSPS) is 17.9. The Hall–Kier alpha value is -3.40. The Morgan fingerprint density at radius 1 is 0.892 bits per heavy atom. The Morgan fingerprint density at radius 2 is 1.73 bits per heavy atom. The van der Waals surface area contributed by atoms with E-state index in [0.29, 0.717) is 38.9 Å². The number of nitrogens with zero attached hydrogens (tertiary/aromatic N) is 4. The molecule has 0 radical (unpaired) electrons. The molecule has 0 saturated carbocycles. The fourth-order valence-electron chi connectivity index (χ4n) is 5.22. The van der Waals surface area contributed by atoms with Crippen LogP contribution < -0.4 is 19.7 Å². The van der Waals surface area contributed by atoms with Crippen molar-refractivity contribution in [1.29, 1.82) is 0 Å². The van der Waals surface area contributed by atoms with Gasteiger partial charge in [-0.15, -0.1) is 0 Å². The third kappa shape index (κ3) is 5.34. The minimum absolute atomic E-state index is 0.191. The number of hydrogen-bond acceptors (Lipinski definition) is 9. The number of aliphatic hydroxyl groups is 1. The lowest BCUT2D eigenvalue weighted by atomic mass is 9.90. The number of benzene rings is 2. The topological polar surface area (TPSA) is 92.2 Å². The Kier molecular flexibility index (Phi) is 7.07. The molecule has 3 aromatic rings. The van der Waals surface area contributed by atoms with Crippen molar-refractivity contribution in [2.24, 2.45) is 0 Å². The van der Waals surface area contributed by atoms with E-state index in [1.165, 1.54) is 5.56 Å². The minimum Gasteiger partial charge on any atom is -0.491 e. The van der Waals surface area contributed by atoms with E-state index in [0.717, 1.165) is 78.7 Å². The largest absolute Gasteiger partial charge is 0.491 e. The number of aliphatic hydroxyl groups excluding tert-OH is 1. The number of anilines is 3. The van der Waals surface area contributed by atoms with Gasteiger partial charge in [0.25, 0.3) is 0 Å². The Labute approximate surface area is 217 Å². The summed E-state index contributed by atoms with van der Waals surface area (Å²) in [5, 5.41) is 12.7. The average Bonchev–Trinajstić information content (AvgIpc) is 2.93. The number of rotatable bonds is 3. The minimum atomic E-state index is 0.191. The van der Waals surface area contributed by atoms with Gasteiger partial charge in [-0.2, -0.15) is 0 Å². The predicted molar refractivity (Wildman–Crippen MR) is 142 cm³/mol. The number of piperazine rings is 1. The standard InChI is InChI=1S/C28H33N5O4/c34-12-11-32-7-9-33(10-8-32)25-6-4-22-17-26(25)37-16-14-35-13-15-36-23-5-3-20-1-2-21-19-29-28(30-22)31-27(21)24(20)18-23/h3-6,17-19,34H,1-2,7-16H2,(H,29,30,31). The van der Waals surface area contributed by atoms with Crippen LogP contribution in [-0.2, 0) is 17.6 Å². The summed E-state index contributed by atoms with van der Waals surface area (Å²) < 4.78 is 18.0. The van der Waals surface area contributed by atoms with Crippen LogP contribution in [-0.4, -0.2) is 85.7 Å². The molecule has 3 aliphatic rings. The van der Waals surface area contributed by atoms with Gasteiger partial charge in [-0.3, -0.25) is 4.90 Å². The maximum Gasteiger partial charge on any atom is 0.227 e. The first-order chi connectivity index (χ1) is 18.3. The van der Waals surface area contributed by atoms with Crippen LogP contribution in [0.3, 0.4) is 0 Å². The number of aromatic nitrogens is 2. The number of β-amino-alcohol motifs (C(OH)–C–C–N with tert-alkyl or cyclic N) is 1. The second kappa shape index (κ2) is 10.9. The van der Waals surface area contributed by atoms with Crippen molar-refractivity contribution in [3.8, 4) is 22.8 Å². The Morgan fingerprint density at radius 3 is 2.59 bits per heavy atom. The van der Waals surface area contributed by atoms with E-state index in [4.69, 9.17) is 19.2 Å². The van der Waals surface area contributed by atoms with Gasteiger partial charge in [0.05, 0.1) is 31.2 Å². The van der Waals surface area contributed by atoms with Gasteiger partial charge in [-0.05, 0) is 48.2 Å². The number of aryl methyl sites for hydroxylation is 2. The summed E-state index contributed by atoms with van der Waals surface area (Å²) in [6.07, 6.45) is 3.83. The second-order valence-corrected chi connectivity index (χ2v) is 9.56. The first-order valence-electron chi connectivity index (χ1n) is 13.1. The first kappa shape index (κ1) is 24.0. The molecule has 2 aromatic carbocycles. The fourth-order valence-corrected chi connectivity index (χ4v) is 5.22. The monoisotopic (exact) mass is 503 g/mol. The molecule has 0 spiro atoms. The molecule has 9 heteroatoms. The van der Waals surface area contributed by atoms with Crippen LogP contribution in [0.1, 0.15) is 11.1 Å². The molecule has 1 fully saturated rings. The molecule has 194 valence electrons. The molecule has 6 rings (SSSR count). The third-order valence-electron chi connectivity index (χ3n) is 7.19. The highest BCUT2D eigenvalue weighted by Crippen LogP contribution is 2.36. The molecular weight excluding hydrogens is 470 g/mol. The zero-order valence-corrected chi connectivity index (χ0v) is 21.0. The molecule has 2 aliphatic heterocycles. The van der Waals surface area contributed by atoms with Crippen molar-refractivity contribution in [2.75, 3.05) is 76.0 Å². The molecule has 1 aliphatic carbocycles. The number of hydrogen-bond donors (Lipinski definition) is 2. The molecule has 6 bridgehead atoms. The van der Waals surface area contributed by atoms with E-state index < -0.39 is 0 Å². The first-order valence-corrected chi connectivity index (χ1v) is 13.1. The summed E-state index contributed by atoms with van der Waals surface area (Å²) in [6, 6.07) is 12.4.